The normalized spacial score (nSPS) is 19.8. The Hall–Kier alpha value is -1.93. The number of likely N-dealkylation sites (tertiary alicyclic amines) is 1. The Balaban J connectivity index is 1.48. The maximum absolute atomic E-state index is 12.3. The summed E-state index contributed by atoms with van der Waals surface area (Å²) >= 11 is 0. The van der Waals surface area contributed by atoms with Crippen LogP contribution in [0.3, 0.4) is 0 Å². The number of aryl methyl sites for hydroxylation is 2. The van der Waals surface area contributed by atoms with Crippen LogP contribution in [0.4, 0.5) is 0 Å². The summed E-state index contributed by atoms with van der Waals surface area (Å²) in [4.78, 5) is 27.0. The molecule has 27 heavy (non-hydrogen) atoms. The average molecular weight is 377 g/mol. The number of aromatic nitrogens is 2. The molecule has 0 bridgehead atoms. The Kier molecular flexibility index (Phi) is 6.49. The maximum atomic E-state index is 12.3. The first-order valence-electron chi connectivity index (χ1n) is 9.83. The van der Waals surface area contributed by atoms with Crippen LogP contribution in [0.15, 0.2) is 6.07 Å². The van der Waals surface area contributed by atoms with Crippen LogP contribution in [0.1, 0.15) is 41.9 Å². The third-order valence-corrected chi connectivity index (χ3v) is 5.62. The molecule has 1 aromatic rings. The lowest BCUT2D eigenvalue weighted by molar-refractivity contribution is -0.121. The topological polar surface area (TPSA) is 88.5 Å². The van der Waals surface area contributed by atoms with Gasteiger partial charge in [-0.2, -0.15) is 5.10 Å². The molecule has 150 valence electrons. The Labute approximate surface area is 160 Å². The Morgan fingerprint density at radius 2 is 1.93 bits per heavy atom. The van der Waals surface area contributed by atoms with Gasteiger partial charge in [0.25, 0.3) is 5.91 Å². The van der Waals surface area contributed by atoms with Crippen LogP contribution >= 0.6 is 0 Å². The Morgan fingerprint density at radius 1 is 1.22 bits per heavy atom. The first-order valence-corrected chi connectivity index (χ1v) is 9.83. The molecule has 0 aromatic carbocycles. The Morgan fingerprint density at radius 3 is 2.56 bits per heavy atom. The quantitative estimate of drug-likeness (QED) is 0.721. The zero-order valence-corrected chi connectivity index (χ0v) is 16.4. The maximum Gasteiger partial charge on any atom is 0.269 e. The fourth-order valence-electron chi connectivity index (χ4n) is 4.03. The molecule has 0 saturated carbocycles. The van der Waals surface area contributed by atoms with Crippen LogP contribution < -0.4 is 10.6 Å². The number of nitrogens with zero attached hydrogens (tertiary/aromatic N) is 3. The Bertz CT molecular complexity index is 660. The van der Waals surface area contributed by atoms with E-state index in [1.54, 1.807) is 13.1 Å². The molecule has 8 heteroatoms. The lowest BCUT2D eigenvalue weighted by Gasteiger charge is -2.40. The second-order valence-corrected chi connectivity index (χ2v) is 7.85. The zero-order valence-electron chi connectivity index (χ0n) is 16.4. The molecule has 0 unspecified atom stereocenters. The summed E-state index contributed by atoms with van der Waals surface area (Å²) in [5.41, 5.74) is 1.30. The van der Waals surface area contributed by atoms with E-state index in [9.17, 15) is 9.59 Å². The number of ether oxygens (including phenoxy) is 1. The fraction of sp³-hybridized carbons (Fsp3) is 0.737. The van der Waals surface area contributed by atoms with E-state index in [-0.39, 0.29) is 23.8 Å². The van der Waals surface area contributed by atoms with Crippen molar-refractivity contribution in [2.75, 3.05) is 45.9 Å². The highest BCUT2D eigenvalue weighted by Gasteiger charge is 2.35. The second kappa shape index (κ2) is 8.84. The smallest absolute Gasteiger partial charge is 0.269 e. The summed E-state index contributed by atoms with van der Waals surface area (Å²) in [6.07, 6.45) is 4.45. The van der Waals surface area contributed by atoms with Gasteiger partial charge in [0.15, 0.2) is 0 Å². The van der Waals surface area contributed by atoms with E-state index in [0.29, 0.717) is 12.2 Å². The van der Waals surface area contributed by atoms with Crippen molar-refractivity contribution in [1.29, 1.82) is 0 Å². The summed E-state index contributed by atoms with van der Waals surface area (Å²) in [6.45, 7) is 7.24. The highest BCUT2D eigenvalue weighted by Crippen LogP contribution is 2.32. The van der Waals surface area contributed by atoms with Crippen LogP contribution in [-0.2, 0) is 16.6 Å². The summed E-state index contributed by atoms with van der Waals surface area (Å²) in [7, 11) is 1.72. The van der Waals surface area contributed by atoms with Crippen molar-refractivity contribution >= 4 is 11.8 Å². The molecule has 2 amide bonds. The van der Waals surface area contributed by atoms with Gasteiger partial charge in [0.1, 0.15) is 5.69 Å². The molecule has 0 atom stereocenters. The molecular formula is C19H31N5O3. The second-order valence-electron chi connectivity index (χ2n) is 7.85. The van der Waals surface area contributed by atoms with Crippen LogP contribution in [0, 0.1) is 12.3 Å². The predicted molar refractivity (Wildman–Crippen MR) is 101 cm³/mol. The van der Waals surface area contributed by atoms with E-state index in [1.807, 2.05) is 6.92 Å². The van der Waals surface area contributed by atoms with E-state index >= 15 is 0 Å². The molecule has 3 heterocycles. The van der Waals surface area contributed by atoms with Gasteiger partial charge in [-0.1, -0.05) is 0 Å². The minimum atomic E-state index is -0.286. The molecule has 2 saturated heterocycles. The molecule has 1 aromatic heterocycles. The molecule has 0 radical (unpaired) electrons. The number of amides is 2. The van der Waals surface area contributed by atoms with Gasteiger partial charge in [-0.25, -0.2) is 0 Å². The van der Waals surface area contributed by atoms with E-state index in [0.717, 1.165) is 51.4 Å². The molecule has 2 aliphatic rings. The summed E-state index contributed by atoms with van der Waals surface area (Å²) in [6, 6.07) is 1.71. The minimum absolute atomic E-state index is 0.0284. The van der Waals surface area contributed by atoms with Crippen molar-refractivity contribution in [2.45, 2.75) is 32.6 Å². The van der Waals surface area contributed by atoms with E-state index in [1.165, 1.54) is 17.5 Å². The first-order chi connectivity index (χ1) is 13.0. The lowest BCUT2D eigenvalue weighted by atomic mass is 9.79. The molecule has 2 N–H and O–H groups in total. The lowest BCUT2D eigenvalue weighted by Crippen LogP contribution is -2.49. The van der Waals surface area contributed by atoms with Crippen LogP contribution in [0.2, 0.25) is 0 Å². The van der Waals surface area contributed by atoms with E-state index < -0.39 is 0 Å². The van der Waals surface area contributed by atoms with Crippen LogP contribution in [0.25, 0.3) is 0 Å². The number of carbonyl (C=O) groups is 2. The van der Waals surface area contributed by atoms with Crippen molar-refractivity contribution in [2.24, 2.45) is 12.5 Å². The minimum Gasteiger partial charge on any atom is -0.381 e. The van der Waals surface area contributed by atoms with Crippen LogP contribution in [-0.4, -0.2) is 72.4 Å². The van der Waals surface area contributed by atoms with Gasteiger partial charge in [-0.05, 0) is 51.8 Å². The van der Waals surface area contributed by atoms with Crippen molar-refractivity contribution in [3.05, 3.63) is 17.5 Å². The first kappa shape index (κ1) is 19.8. The average Bonchev–Trinajstić information content (AvgIpc) is 3.27. The van der Waals surface area contributed by atoms with Gasteiger partial charge in [-0.15, -0.1) is 0 Å². The molecule has 3 rings (SSSR count). The number of hydrogen-bond acceptors (Lipinski definition) is 5. The van der Waals surface area contributed by atoms with Crippen molar-refractivity contribution in [3.63, 3.8) is 0 Å². The van der Waals surface area contributed by atoms with Gasteiger partial charge >= 0.3 is 0 Å². The van der Waals surface area contributed by atoms with Gasteiger partial charge < -0.3 is 20.3 Å². The molecule has 0 spiro atoms. The zero-order chi connectivity index (χ0) is 19.3. The summed E-state index contributed by atoms with van der Waals surface area (Å²) < 4.78 is 7.06. The van der Waals surface area contributed by atoms with Gasteiger partial charge in [0.05, 0.1) is 12.2 Å². The largest absolute Gasteiger partial charge is 0.381 e. The standard InChI is InChI=1S/C19H31N5O3/c1-15-11-16(23(2)22-15)18(26)20-12-17(25)21-13-19(5-9-27-10-6-19)14-24-7-3-4-8-24/h11H,3-10,12-14H2,1-2H3,(H,20,26)(H,21,25). The number of carbonyl (C=O) groups excluding carboxylic acids is 2. The van der Waals surface area contributed by atoms with E-state index in [2.05, 4.69) is 20.6 Å². The van der Waals surface area contributed by atoms with Gasteiger partial charge in [0, 0.05) is 38.8 Å². The molecular weight excluding hydrogens is 346 g/mol. The molecule has 2 aliphatic heterocycles. The molecule has 2 fully saturated rings. The number of nitrogens with one attached hydrogen (secondary N) is 2. The fourth-order valence-corrected chi connectivity index (χ4v) is 4.03. The third kappa shape index (κ3) is 5.29. The SMILES string of the molecule is Cc1cc(C(=O)NCC(=O)NCC2(CN3CCCC3)CCOCC2)n(C)n1. The van der Waals surface area contributed by atoms with Crippen molar-refractivity contribution in [3.8, 4) is 0 Å². The van der Waals surface area contributed by atoms with Crippen molar-refractivity contribution in [1.82, 2.24) is 25.3 Å². The third-order valence-electron chi connectivity index (χ3n) is 5.62. The van der Waals surface area contributed by atoms with E-state index in [4.69, 9.17) is 4.74 Å². The monoisotopic (exact) mass is 377 g/mol. The van der Waals surface area contributed by atoms with Crippen LogP contribution in [0.5, 0.6) is 0 Å². The van der Waals surface area contributed by atoms with Gasteiger partial charge in [-0.3, -0.25) is 14.3 Å². The highest BCUT2D eigenvalue weighted by atomic mass is 16.5. The summed E-state index contributed by atoms with van der Waals surface area (Å²) in [5, 5.41) is 9.87. The molecule has 0 aliphatic carbocycles. The number of hydrogen-bond donors (Lipinski definition) is 2. The number of rotatable bonds is 7. The van der Waals surface area contributed by atoms with Crippen molar-refractivity contribution < 1.29 is 14.3 Å². The van der Waals surface area contributed by atoms with Gasteiger partial charge in [0.2, 0.25) is 5.91 Å². The highest BCUT2D eigenvalue weighted by molar-refractivity contribution is 5.95. The predicted octanol–water partition coefficient (Wildman–Crippen LogP) is 0.467. The summed E-state index contributed by atoms with van der Waals surface area (Å²) in [5.74, 6) is -0.444. The molecule has 8 nitrogen and oxygen atoms in total.